The van der Waals surface area contributed by atoms with Gasteiger partial charge in [-0.1, -0.05) is 62.4 Å². The molecule has 0 fully saturated rings. The highest BCUT2D eigenvalue weighted by molar-refractivity contribution is 7.88. The van der Waals surface area contributed by atoms with E-state index in [4.69, 9.17) is 23.2 Å². The van der Waals surface area contributed by atoms with Crippen LogP contribution >= 0.6 is 23.2 Å². The number of halogens is 2. The highest BCUT2D eigenvalue weighted by Gasteiger charge is 2.17. The van der Waals surface area contributed by atoms with Crippen molar-refractivity contribution in [2.45, 2.75) is 45.3 Å². The van der Waals surface area contributed by atoms with Gasteiger partial charge in [0.1, 0.15) is 0 Å². The maximum absolute atomic E-state index is 12.2. The van der Waals surface area contributed by atoms with Crippen molar-refractivity contribution in [3.8, 4) is 0 Å². The molecule has 1 aromatic rings. The first-order valence-corrected chi connectivity index (χ1v) is 9.70. The van der Waals surface area contributed by atoms with E-state index in [1.54, 1.807) is 18.2 Å². The molecule has 0 bridgehead atoms. The van der Waals surface area contributed by atoms with Crippen molar-refractivity contribution in [2.75, 3.05) is 6.54 Å². The van der Waals surface area contributed by atoms with E-state index in [1.807, 2.05) is 0 Å². The van der Waals surface area contributed by atoms with Gasteiger partial charge in [-0.05, 0) is 24.5 Å². The summed E-state index contributed by atoms with van der Waals surface area (Å²) in [7, 11) is -3.43. The third-order valence-corrected chi connectivity index (χ3v) is 5.51. The molecule has 1 aromatic carbocycles. The van der Waals surface area contributed by atoms with E-state index in [0.717, 1.165) is 25.7 Å². The summed E-state index contributed by atoms with van der Waals surface area (Å²) < 4.78 is 27.0. The summed E-state index contributed by atoms with van der Waals surface area (Å²) in [6.45, 7) is 4.69. The van der Waals surface area contributed by atoms with E-state index in [9.17, 15) is 8.42 Å². The van der Waals surface area contributed by atoms with Gasteiger partial charge in [-0.25, -0.2) is 13.1 Å². The van der Waals surface area contributed by atoms with E-state index < -0.39 is 10.0 Å². The molecule has 0 saturated heterocycles. The normalized spacial score (nSPS) is 13.3. The van der Waals surface area contributed by atoms with Gasteiger partial charge < -0.3 is 0 Å². The Hall–Kier alpha value is -0.290. The zero-order chi connectivity index (χ0) is 15.9. The van der Waals surface area contributed by atoms with E-state index in [2.05, 4.69) is 18.6 Å². The van der Waals surface area contributed by atoms with E-state index >= 15 is 0 Å². The predicted molar refractivity (Wildman–Crippen MR) is 90.4 cm³/mol. The Kier molecular flexibility index (Phi) is 8.03. The number of rotatable bonds is 9. The molecule has 1 unspecified atom stereocenters. The molecule has 21 heavy (non-hydrogen) atoms. The van der Waals surface area contributed by atoms with Gasteiger partial charge in [0.05, 0.1) is 5.75 Å². The molecule has 0 aromatic heterocycles. The van der Waals surface area contributed by atoms with Crippen LogP contribution < -0.4 is 4.72 Å². The third-order valence-electron chi connectivity index (χ3n) is 3.53. The average Bonchev–Trinajstić information content (AvgIpc) is 2.43. The number of unbranched alkanes of at least 4 members (excludes halogenated alkanes) is 1. The summed E-state index contributed by atoms with van der Waals surface area (Å²) >= 11 is 12.0. The van der Waals surface area contributed by atoms with Crippen molar-refractivity contribution in [2.24, 2.45) is 5.92 Å². The van der Waals surface area contributed by atoms with Crippen molar-refractivity contribution in [1.82, 2.24) is 4.72 Å². The van der Waals surface area contributed by atoms with Gasteiger partial charge in [0.25, 0.3) is 0 Å². The first-order chi connectivity index (χ1) is 9.89. The topological polar surface area (TPSA) is 46.2 Å². The summed E-state index contributed by atoms with van der Waals surface area (Å²) in [6, 6.07) is 4.99. The van der Waals surface area contributed by atoms with Crippen LogP contribution in [0.2, 0.25) is 10.0 Å². The molecule has 0 aliphatic rings. The Morgan fingerprint density at radius 2 is 1.81 bits per heavy atom. The third kappa shape index (κ3) is 6.55. The van der Waals surface area contributed by atoms with Crippen LogP contribution in [-0.2, 0) is 15.8 Å². The second-order valence-corrected chi connectivity index (χ2v) is 7.85. The highest BCUT2D eigenvalue weighted by Crippen LogP contribution is 2.26. The molecule has 0 spiro atoms. The number of nitrogens with one attached hydrogen (secondary N) is 1. The first-order valence-electron chi connectivity index (χ1n) is 7.29. The summed E-state index contributed by atoms with van der Waals surface area (Å²) in [4.78, 5) is 0. The molecule has 6 heteroatoms. The molecule has 0 radical (unpaired) electrons. The number of sulfonamides is 1. The van der Waals surface area contributed by atoms with Gasteiger partial charge in [0.2, 0.25) is 10.0 Å². The maximum Gasteiger partial charge on any atom is 0.215 e. The molecule has 1 N–H and O–H groups in total. The van der Waals surface area contributed by atoms with Crippen LogP contribution in [0.3, 0.4) is 0 Å². The molecule has 1 rings (SSSR count). The summed E-state index contributed by atoms with van der Waals surface area (Å²) in [5.41, 5.74) is 0.454. The smallest absolute Gasteiger partial charge is 0.215 e. The lowest BCUT2D eigenvalue weighted by molar-refractivity contribution is 0.443. The maximum atomic E-state index is 12.2. The van der Waals surface area contributed by atoms with E-state index in [0.29, 0.717) is 28.1 Å². The summed E-state index contributed by atoms with van der Waals surface area (Å²) in [5.74, 6) is 0.192. The zero-order valence-corrected chi connectivity index (χ0v) is 14.9. The van der Waals surface area contributed by atoms with Gasteiger partial charge in [0, 0.05) is 22.2 Å². The Balaban J connectivity index is 2.65. The van der Waals surface area contributed by atoms with Crippen molar-refractivity contribution in [1.29, 1.82) is 0 Å². The molecule has 1 atom stereocenters. The van der Waals surface area contributed by atoms with Crippen LogP contribution in [-0.4, -0.2) is 15.0 Å². The van der Waals surface area contributed by atoms with E-state index in [-0.39, 0.29) is 5.75 Å². The van der Waals surface area contributed by atoms with Gasteiger partial charge in [-0.2, -0.15) is 0 Å². The monoisotopic (exact) mass is 351 g/mol. The van der Waals surface area contributed by atoms with Crippen molar-refractivity contribution < 1.29 is 8.42 Å². The molecule has 0 saturated carbocycles. The lowest BCUT2D eigenvalue weighted by Gasteiger charge is -2.16. The van der Waals surface area contributed by atoms with Crippen molar-refractivity contribution >= 4 is 33.2 Å². The fraction of sp³-hybridized carbons (Fsp3) is 0.600. The predicted octanol–water partition coefficient (Wildman–Crippen LogP) is 4.63. The Morgan fingerprint density at radius 3 is 2.33 bits per heavy atom. The number of hydrogen-bond acceptors (Lipinski definition) is 2. The number of hydrogen-bond donors (Lipinski definition) is 1. The highest BCUT2D eigenvalue weighted by atomic mass is 35.5. The Morgan fingerprint density at radius 1 is 1.19 bits per heavy atom. The molecule has 0 amide bonds. The van der Waals surface area contributed by atoms with Gasteiger partial charge in [0.15, 0.2) is 0 Å². The summed E-state index contributed by atoms with van der Waals surface area (Å²) in [5, 5.41) is 0.761. The van der Waals surface area contributed by atoms with Crippen LogP contribution in [0.1, 0.15) is 45.1 Å². The lowest BCUT2D eigenvalue weighted by atomic mass is 10.00. The fourth-order valence-electron chi connectivity index (χ4n) is 2.10. The minimum atomic E-state index is -3.43. The van der Waals surface area contributed by atoms with Gasteiger partial charge in [-0.15, -0.1) is 0 Å². The van der Waals surface area contributed by atoms with Crippen LogP contribution in [0.15, 0.2) is 18.2 Å². The molecule has 0 heterocycles. The largest absolute Gasteiger partial charge is 0.215 e. The van der Waals surface area contributed by atoms with Gasteiger partial charge >= 0.3 is 0 Å². The minimum Gasteiger partial charge on any atom is -0.215 e. The zero-order valence-electron chi connectivity index (χ0n) is 12.5. The lowest BCUT2D eigenvalue weighted by Crippen LogP contribution is -2.30. The second-order valence-electron chi connectivity index (χ2n) is 5.22. The summed E-state index contributed by atoms with van der Waals surface area (Å²) in [6.07, 6.45) is 4.26. The average molecular weight is 352 g/mol. The minimum absolute atomic E-state index is 0.185. The van der Waals surface area contributed by atoms with Gasteiger partial charge in [-0.3, -0.25) is 0 Å². The second kappa shape index (κ2) is 8.99. The van der Waals surface area contributed by atoms with E-state index in [1.165, 1.54) is 0 Å². The molecular formula is C15H23Cl2NO2S. The van der Waals surface area contributed by atoms with Crippen LogP contribution in [0, 0.1) is 5.92 Å². The molecule has 120 valence electrons. The van der Waals surface area contributed by atoms with Crippen molar-refractivity contribution in [3.05, 3.63) is 33.8 Å². The first kappa shape index (κ1) is 18.8. The Bertz CT molecular complexity index is 526. The van der Waals surface area contributed by atoms with Crippen LogP contribution in [0.4, 0.5) is 0 Å². The van der Waals surface area contributed by atoms with Crippen LogP contribution in [0.25, 0.3) is 0 Å². The standard InChI is InChI=1S/C15H23Cl2NO2S/c1-3-5-7-12(4-2)10-18-21(19,20)11-13-14(16)8-6-9-15(13)17/h6,8-9,12,18H,3-5,7,10-11H2,1-2H3. The Labute approximate surface area is 138 Å². The fourth-order valence-corrected chi connectivity index (χ4v) is 4.07. The molecule has 0 aliphatic carbocycles. The molecular weight excluding hydrogens is 329 g/mol. The molecule has 3 nitrogen and oxygen atoms in total. The molecule has 0 aliphatic heterocycles. The SMILES string of the molecule is CCCCC(CC)CNS(=O)(=O)Cc1c(Cl)cccc1Cl. The number of benzene rings is 1. The quantitative estimate of drug-likeness (QED) is 0.704. The van der Waals surface area contributed by atoms with Crippen molar-refractivity contribution in [3.63, 3.8) is 0 Å². The van der Waals surface area contributed by atoms with Crippen LogP contribution in [0.5, 0.6) is 0 Å².